The van der Waals surface area contributed by atoms with Crippen molar-refractivity contribution in [2.24, 2.45) is 7.05 Å². The fourth-order valence-electron chi connectivity index (χ4n) is 1.92. The summed E-state index contributed by atoms with van der Waals surface area (Å²) >= 11 is 0. The Labute approximate surface area is 112 Å². The van der Waals surface area contributed by atoms with E-state index in [0.29, 0.717) is 5.69 Å². The van der Waals surface area contributed by atoms with Crippen LogP contribution in [0.3, 0.4) is 0 Å². The number of hydrogen-bond acceptors (Lipinski definition) is 3. The second-order valence-corrected chi connectivity index (χ2v) is 4.64. The number of carbonyl (C=O) groups excluding carboxylic acids is 1. The van der Waals surface area contributed by atoms with Crippen LogP contribution in [0.4, 0.5) is 0 Å². The average Bonchev–Trinajstić information content (AvgIpc) is 2.81. The van der Waals surface area contributed by atoms with Gasteiger partial charge >= 0.3 is 0 Å². The van der Waals surface area contributed by atoms with Gasteiger partial charge in [-0.25, -0.2) is 0 Å². The van der Waals surface area contributed by atoms with Gasteiger partial charge in [0.25, 0.3) is 0 Å². The molecule has 0 radical (unpaired) electrons. The van der Waals surface area contributed by atoms with Crippen LogP contribution in [0.5, 0.6) is 0 Å². The lowest BCUT2D eigenvalue weighted by Gasteiger charge is -2.09. The van der Waals surface area contributed by atoms with E-state index in [0.717, 1.165) is 16.7 Å². The predicted molar refractivity (Wildman–Crippen MR) is 71.8 cm³/mol. The molecular weight excluding hydrogens is 238 g/mol. The third-order valence-electron chi connectivity index (χ3n) is 3.22. The first-order valence-corrected chi connectivity index (χ1v) is 6.03. The largest absolute Gasteiger partial charge is 0.290 e. The molecule has 96 valence electrons. The molecule has 4 heteroatoms. The number of nitriles is 1. The van der Waals surface area contributed by atoms with Crippen LogP contribution in [-0.4, -0.2) is 15.6 Å². The number of nitrogens with zero attached hydrogens (tertiary/aromatic N) is 3. The van der Waals surface area contributed by atoms with Crippen LogP contribution in [0.1, 0.15) is 33.1 Å². The van der Waals surface area contributed by atoms with Gasteiger partial charge in [-0.15, -0.1) is 0 Å². The molecule has 1 atom stereocenters. The molecule has 0 saturated carbocycles. The van der Waals surface area contributed by atoms with Crippen LogP contribution in [0.2, 0.25) is 0 Å². The Morgan fingerprint density at radius 1 is 1.32 bits per heavy atom. The fourth-order valence-corrected chi connectivity index (χ4v) is 1.92. The molecule has 2 aromatic rings. The number of Topliss-reactive ketones (excluding diaryl/α,β-unsaturated/α-hetero) is 1. The van der Waals surface area contributed by atoms with Crippen LogP contribution < -0.4 is 0 Å². The molecule has 1 unspecified atom stereocenters. The Morgan fingerprint density at radius 2 is 2.05 bits per heavy atom. The summed E-state index contributed by atoms with van der Waals surface area (Å²) in [5, 5.41) is 13.3. The number of benzene rings is 1. The summed E-state index contributed by atoms with van der Waals surface area (Å²) in [5.41, 5.74) is 3.27. The van der Waals surface area contributed by atoms with Crippen molar-refractivity contribution in [3.05, 3.63) is 52.8 Å². The smallest absolute Gasteiger partial charge is 0.204 e. The van der Waals surface area contributed by atoms with Crippen molar-refractivity contribution in [1.29, 1.82) is 5.26 Å². The van der Waals surface area contributed by atoms with E-state index < -0.39 is 5.92 Å². The molecular formula is C15H15N3O. The number of rotatable bonds is 3. The second kappa shape index (κ2) is 5.07. The van der Waals surface area contributed by atoms with Gasteiger partial charge in [-0.05, 0) is 36.6 Å². The maximum atomic E-state index is 12.3. The molecule has 0 spiro atoms. The lowest BCUT2D eigenvalue weighted by Crippen LogP contribution is -2.12. The van der Waals surface area contributed by atoms with Crippen molar-refractivity contribution in [2.75, 3.05) is 0 Å². The fraction of sp³-hybridized carbons (Fsp3) is 0.267. The van der Waals surface area contributed by atoms with E-state index in [2.05, 4.69) is 11.2 Å². The highest BCUT2D eigenvalue weighted by atomic mass is 16.1. The van der Waals surface area contributed by atoms with E-state index >= 15 is 0 Å². The maximum Gasteiger partial charge on any atom is 0.204 e. The molecule has 4 nitrogen and oxygen atoms in total. The normalized spacial score (nSPS) is 11.9. The number of aryl methyl sites for hydroxylation is 3. The van der Waals surface area contributed by atoms with Crippen LogP contribution >= 0.6 is 0 Å². The molecule has 0 fully saturated rings. The van der Waals surface area contributed by atoms with E-state index in [4.69, 9.17) is 0 Å². The quantitative estimate of drug-likeness (QED) is 0.790. The highest BCUT2D eigenvalue weighted by Gasteiger charge is 2.23. The third kappa shape index (κ3) is 2.55. The molecule has 1 aromatic carbocycles. The molecule has 0 amide bonds. The molecule has 2 rings (SSSR count). The van der Waals surface area contributed by atoms with Crippen molar-refractivity contribution in [1.82, 2.24) is 9.78 Å². The molecule has 0 aliphatic carbocycles. The first kappa shape index (κ1) is 13.0. The van der Waals surface area contributed by atoms with Gasteiger partial charge in [-0.2, -0.15) is 10.4 Å². The first-order chi connectivity index (χ1) is 9.02. The number of carbonyl (C=O) groups is 1. The first-order valence-electron chi connectivity index (χ1n) is 6.03. The zero-order chi connectivity index (χ0) is 14.0. The van der Waals surface area contributed by atoms with Crippen molar-refractivity contribution in [2.45, 2.75) is 19.8 Å². The van der Waals surface area contributed by atoms with Crippen LogP contribution in [-0.2, 0) is 7.05 Å². The molecule has 0 aliphatic heterocycles. The monoisotopic (exact) mass is 253 g/mol. The van der Waals surface area contributed by atoms with E-state index in [1.165, 1.54) is 0 Å². The Morgan fingerprint density at radius 3 is 2.58 bits per heavy atom. The minimum absolute atomic E-state index is 0.258. The molecule has 19 heavy (non-hydrogen) atoms. The van der Waals surface area contributed by atoms with Gasteiger partial charge in [0.15, 0.2) is 0 Å². The van der Waals surface area contributed by atoms with Gasteiger partial charge < -0.3 is 0 Å². The number of aromatic nitrogens is 2. The van der Waals surface area contributed by atoms with Crippen LogP contribution in [0.15, 0.2) is 30.5 Å². The zero-order valence-corrected chi connectivity index (χ0v) is 11.2. The summed E-state index contributed by atoms with van der Waals surface area (Å²) in [6, 6.07) is 9.36. The summed E-state index contributed by atoms with van der Waals surface area (Å²) in [5.74, 6) is -1.06. The zero-order valence-electron chi connectivity index (χ0n) is 11.2. The van der Waals surface area contributed by atoms with Gasteiger partial charge in [-0.3, -0.25) is 9.48 Å². The standard InChI is InChI=1S/C15H15N3O/c1-10-4-5-12(8-11(10)2)13(9-16)15(19)14-6-7-18(3)17-14/h4-8,13H,1-3H3. The van der Waals surface area contributed by atoms with Crippen molar-refractivity contribution >= 4 is 5.78 Å². The highest BCUT2D eigenvalue weighted by Crippen LogP contribution is 2.22. The molecule has 1 aromatic heterocycles. The molecule has 0 N–H and O–H groups in total. The van der Waals surface area contributed by atoms with Crippen molar-refractivity contribution in [3.63, 3.8) is 0 Å². The summed E-state index contributed by atoms with van der Waals surface area (Å²) in [6.45, 7) is 3.97. The topological polar surface area (TPSA) is 58.7 Å². The third-order valence-corrected chi connectivity index (χ3v) is 3.22. The Hall–Kier alpha value is -2.41. The lowest BCUT2D eigenvalue weighted by molar-refractivity contribution is 0.0973. The highest BCUT2D eigenvalue weighted by molar-refractivity contribution is 6.01. The molecule has 0 bridgehead atoms. The summed E-state index contributed by atoms with van der Waals surface area (Å²) in [4.78, 5) is 12.3. The molecule has 0 aliphatic rings. The lowest BCUT2D eigenvalue weighted by atomic mass is 9.92. The minimum atomic E-state index is -0.797. The van der Waals surface area contributed by atoms with E-state index in [1.807, 2.05) is 32.0 Å². The van der Waals surface area contributed by atoms with Crippen LogP contribution in [0.25, 0.3) is 0 Å². The Kier molecular flexibility index (Phi) is 3.48. The number of hydrogen-bond donors (Lipinski definition) is 0. The number of ketones is 1. The van der Waals surface area contributed by atoms with E-state index in [1.54, 1.807) is 24.0 Å². The average molecular weight is 253 g/mol. The van der Waals surface area contributed by atoms with Gasteiger partial charge in [0.1, 0.15) is 11.6 Å². The van der Waals surface area contributed by atoms with Gasteiger partial charge in [-0.1, -0.05) is 18.2 Å². The second-order valence-electron chi connectivity index (χ2n) is 4.64. The van der Waals surface area contributed by atoms with Gasteiger partial charge in [0.2, 0.25) is 5.78 Å². The van der Waals surface area contributed by atoms with Gasteiger partial charge in [0, 0.05) is 13.2 Å². The van der Waals surface area contributed by atoms with Crippen LogP contribution in [0, 0.1) is 25.2 Å². The minimum Gasteiger partial charge on any atom is -0.290 e. The maximum absolute atomic E-state index is 12.3. The summed E-state index contributed by atoms with van der Waals surface area (Å²) < 4.78 is 1.56. The predicted octanol–water partition coefficient (Wildman–Crippen LogP) is 2.53. The summed E-state index contributed by atoms with van der Waals surface area (Å²) in [6.07, 6.45) is 1.70. The van der Waals surface area contributed by atoms with Crippen molar-refractivity contribution in [3.8, 4) is 6.07 Å². The SMILES string of the molecule is Cc1ccc(C(C#N)C(=O)c2ccn(C)n2)cc1C. The van der Waals surface area contributed by atoms with E-state index in [9.17, 15) is 10.1 Å². The Bertz CT molecular complexity index is 664. The van der Waals surface area contributed by atoms with Gasteiger partial charge in [0.05, 0.1) is 6.07 Å². The van der Waals surface area contributed by atoms with Crippen molar-refractivity contribution < 1.29 is 4.79 Å². The molecule has 0 saturated heterocycles. The molecule has 1 heterocycles. The van der Waals surface area contributed by atoms with E-state index in [-0.39, 0.29) is 5.78 Å². The summed E-state index contributed by atoms with van der Waals surface area (Å²) in [7, 11) is 1.74. The Balaban J connectivity index is 2.37.